The molecule has 2 rings (SSSR count). The van der Waals surface area contributed by atoms with Gasteiger partial charge in [0, 0.05) is 18.0 Å². The molecule has 4 nitrogen and oxygen atoms in total. The second-order valence-corrected chi connectivity index (χ2v) is 9.26. The molecular weight excluding hydrogens is 280 g/mol. The number of rotatable bonds is 5. The van der Waals surface area contributed by atoms with Gasteiger partial charge in [-0.2, -0.15) is 0 Å². The summed E-state index contributed by atoms with van der Waals surface area (Å²) in [6.45, 7) is 6.30. The fourth-order valence-electron chi connectivity index (χ4n) is 2.63. The molecular formula is C13H22N2O2S2. The minimum atomic E-state index is -3.15. The van der Waals surface area contributed by atoms with Crippen molar-refractivity contribution in [2.75, 3.05) is 12.8 Å². The summed E-state index contributed by atoms with van der Waals surface area (Å²) >= 11 is 1.54. The molecule has 0 N–H and O–H groups in total. The van der Waals surface area contributed by atoms with E-state index in [-0.39, 0.29) is 11.8 Å². The Hall–Kier alpha value is -0.460. The van der Waals surface area contributed by atoms with Gasteiger partial charge in [-0.25, -0.2) is 17.7 Å². The van der Waals surface area contributed by atoms with E-state index in [1.165, 1.54) is 11.3 Å². The van der Waals surface area contributed by atoms with Crippen LogP contribution in [-0.4, -0.2) is 36.5 Å². The van der Waals surface area contributed by atoms with Crippen LogP contribution in [0.15, 0.2) is 5.51 Å². The Morgan fingerprint density at radius 2 is 2.11 bits per heavy atom. The van der Waals surface area contributed by atoms with Crippen LogP contribution in [0.2, 0.25) is 0 Å². The maximum atomic E-state index is 12.3. The van der Waals surface area contributed by atoms with Gasteiger partial charge in [-0.15, -0.1) is 11.3 Å². The van der Waals surface area contributed by atoms with Gasteiger partial charge in [0.25, 0.3) is 0 Å². The summed E-state index contributed by atoms with van der Waals surface area (Å²) in [6.07, 6.45) is 2.49. The highest BCUT2D eigenvalue weighted by molar-refractivity contribution is 7.89. The first kappa shape index (κ1) is 14.9. The lowest BCUT2D eigenvalue weighted by atomic mass is 9.68. The Labute approximate surface area is 119 Å². The minimum absolute atomic E-state index is 0.183. The van der Waals surface area contributed by atoms with Gasteiger partial charge >= 0.3 is 0 Å². The van der Waals surface area contributed by atoms with Crippen molar-refractivity contribution in [1.29, 1.82) is 0 Å². The molecule has 0 atom stereocenters. The molecule has 1 aliphatic carbocycles. The van der Waals surface area contributed by atoms with Gasteiger partial charge in [-0.3, -0.25) is 0 Å². The number of nitrogens with zero attached hydrogens (tertiary/aromatic N) is 2. The molecule has 19 heavy (non-hydrogen) atoms. The monoisotopic (exact) mass is 302 g/mol. The van der Waals surface area contributed by atoms with Crippen LogP contribution >= 0.6 is 11.3 Å². The Morgan fingerprint density at radius 3 is 2.58 bits per heavy atom. The van der Waals surface area contributed by atoms with Gasteiger partial charge in [0.1, 0.15) is 0 Å². The van der Waals surface area contributed by atoms with Crippen molar-refractivity contribution in [3.05, 3.63) is 16.1 Å². The van der Waals surface area contributed by atoms with Crippen LogP contribution in [0.25, 0.3) is 0 Å². The molecule has 1 fully saturated rings. The summed E-state index contributed by atoms with van der Waals surface area (Å²) in [4.78, 5) is 5.23. The van der Waals surface area contributed by atoms with E-state index in [2.05, 4.69) is 18.8 Å². The van der Waals surface area contributed by atoms with Crippen LogP contribution in [0.5, 0.6) is 0 Å². The molecule has 0 aliphatic heterocycles. The zero-order chi connectivity index (χ0) is 14.3. The van der Waals surface area contributed by atoms with E-state index in [1.807, 2.05) is 6.92 Å². The number of aromatic nitrogens is 1. The fourth-order valence-corrected chi connectivity index (χ4v) is 4.90. The highest BCUT2D eigenvalue weighted by Crippen LogP contribution is 2.43. The molecule has 0 saturated heterocycles. The van der Waals surface area contributed by atoms with Crippen molar-refractivity contribution in [1.82, 2.24) is 9.29 Å². The van der Waals surface area contributed by atoms with Crippen molar-refractivity contribution >= 4 is 21.4 Å². The average Bonchev–Trinajstić information content (AvgIpc) is 2.68. The first-order valence-corrected chi connectivity index (χ1v) is 9.05. The third kappa shape index (κ3) is 3.35. The molecule has 1 aromatic heterocycles. The highest BCUT2D eigenvalue weighted by Gasteiger charge is 2.41. The molecule has 1 saturated carbocycles. The summed E-state index contributed by atoms with van der Waals surface area (Å²) in [5.41, 5.74) is 3.02. The van der Waals surface area contributed by atoms with Gasteiger partial charge < -0.3 is 0 Å². The summed E-state index contributed by atoms with van der Waals surface area (Å²) in [7, 11) is -1.43. The van der Waals surface area contributed by atoms with Gasteiger partial charge in [0.05, 0.1) is 17.0 Å². The molecule has 0 amide bonds. The first-order chi connectivity index (χ1) is 8.71. The minimum Gasteiger partial charge on any atom is -0.250 e. The zero-order valence-electron chi connectivity index (χ0n) is 12.0. The quantitative estimate of drug-likeness (QED) is 0.839. The highest BCUT2D eigenvalue weighted by atomic mass is 32.2. The van der Waals surface area contributed by atoms with E-state index < -0.39 is 10.0 Å². The van der Waals surface area contributed by atoms with Crippen molar-refractivity contribution in [3.8, 4) is 0 Å². The van der Waals surface area contributed by atoms with Crippen molar-refractivity contribution < 1.29 is 8.42 Å². The molecule has 0 unspecified atom stereocenters. The zero-order valence-corrected chi connectivity index (χ0v) is 13.6. The molecule has 1 heterocycles. The lowest BCUT2D eigenvalue weighted by Gasteiger charge is -2.46. The summed E-state index contributed by atoms with van der Waals surface area (Å²) in [6, 6.07) is 0.183. The van der Waals surface area contributed by atoms with Crippen LogP contribution in [0.1, 0.15) is 37.3 Å². The van der Waals surface area contributed by atoms with Crippen LogP contribution in [0.3, 0.4) is 0 Å². The number of hydrogen-bond acceptors (Lipinski definition) is 4. The molecule has 1 aliphatic rings. The molecule has 0 bridgehead atoms. The van der Waals surface area contributed by atoms with Crippen LogP contribution in [-0.2, 0) is 16.4 Å². The van der Waals surface area contributed by atoms with E-state index >= 15 is 0 Å². The number of hydrogen-bond donors (Lipinski definition) is 0. The molecule has 0 spiro atoms. The van der Waals surface area contributed by atoms with E-state index in [0.717, 1.165) is 23.4 Å². The van der Waals surface area contributed by atoms with Gasteiger partial charge in [-0.1, -0.05) is 13.8 Å². The molecule has 1 aromatic rings. The lowest BCUT2D eigenvalue weighted by Crippen LogP contribution is -2.49. The standard InChI is InChI=1S/C13H22N2O2S2/c1-10-12(18-9-14-10)5-6-19(16,17)15(4)11-7-13(2,3)8-11/h9,11H,5-8H2,1-4H3. The van der Waals surface area contributed by atoms with E-state index in [1.54, 1.807) is 16.9 Å². The average molecular weight is 302 g/mol. The predicted octanol–water partition coefficient (Wildman–Crippen LogP) is 2.44. The number of aryl methyl sites for hydroxylation is 2. The first-order valence-electron chi connectivity index (χ1n) is 6.56. The summed E-state index contributed by atoms with van der Waals surface area (Å²) in [5, 5.41) is 0. The van der Waals surface area contributed by atoms with E-state index in [0.29, 0.717) is 11.8 Å². The number of sulfonamides is 1. The SMILES string of the molecule is Cc1ncsc1CCS(=O)(=O)N(C)C1CC(C)(C)C1. The molecule has 0 aromatic carbocycles. The van der Waals surface area contributed by atoms with Crippen molar-refractivity contribution in [2.24, 2.45) is 5.41 Å². The second kappa shape index (κ2) is 5.14. The molecule has 6 heteroatoms. The smallest absolute Gasteiger partial charge is 0.214 e. The Kier molecular flexibility index (Phi) is 4.05. The van der Waals surface area contributed by atoms with Gasteiger partial charge in [-0.05, 0) is 31.6 Å². The van der Waals surface area contributed by atoms with Crippen LogP contribution in [0.4, 0.5) is 0 Å². The summed E-state index contributed by atoms with van der Waals surface area (Å²) < 4.78 is 26.2. The van der Waals surface area contributed by atoms with Crippen molar-refractivity contribution in [2.45, 2.75) is 46.1 Å². The Balaban J connectivity index is 1.93. The lowest BCUT2D eigenvalue weighted by molar-refractivity contribution is 0.0857. The fraction of sp³-hybridized carbons (Fsp3) is 0.769. The Morgan fingerprint density at radius 1 is 1.47 bits per heavy atom. The second-order valence-electron chi connectivity index (χ2n) is 6.17. The summed E-state index contributed by atoms with van der Waals surface area (Å²) in [5.74, 6) is 0.184. The van der Waals surface area contributed by atoms with Gasteiger partial charge in [0.15, 0.2) is 0 Å². The van der Waals surface area contributed by atoms with Crippen LogP contribution in [0, 0.1) is 12.3 Å². The molecule has 108 valence electrons. The normalized spacial score (nSPS) is 19.6. The van der Waals surface area contributed by atoms with Gasteiger partial charge in [0.2, 0.25) is 10.0 Å². The predicted molar refractivity (Wildman–Crippen MR) is 78.9 cm³/mol. The third-order valence-corrected chi connectivity index (χ3v) is 6.85. The Bertz CT molecular complexity index is 541. The van der Waals surface area contributed by atoms with Crippen LogP contribution < -0.4 is 0 Å². The van der Waals surface area contributed by atoms with Crippen molar-refractivity contribution in [3.63, 3.8) is 0 Å². The largest absolute Gasteiger partial charge is 0.250 e. The third-order valence-electron chi connectivity index (χ3n) is 3.96. The molecule has 0 radical (unpaired) electrons. The maximum Gasteiger partial charge on any atom is 0.214 e. The topological polar surface area (TPSA) is 50.3 Å². The maximum absolute atomic E-state index is 12.3. The van der Waals surface area contributed by atoms with E-state index in [9.17, 15) is 8.42 Å². The number of thiazole rings is 1. The van der Waals surface area contributed by atoms with E-state index in [4.69, 9.17) is 0 Å².